The molecule has 3 unspecified atom stereocenters. The third kappa shape index (κ3) is 4.15. The van der Waals surface area contributed by atoms with Crippen LogP contribution in [0.15, 0.2) is 0 Å². The Bertz CT molecular complexity index is 213. The Balaban J connectivity index is 2.53. The van der Waals surface area contributed by atoms with Gasteiger partial charge in [0.15, 0.2) is 0 Å². The van der Waals surface area contributed by atoms with Crippen molar-refractivity contribution in [1.82, 2.24) is 0 Å². The zero-order valence-corrected chi connectivity index (χ0v) is 10.7. The zero-order valence-electron chi connectivity index (χ0n) is 10.7. The molecule has 1 fully saturated rings. The molecular weight excluding hydrogens is 200 g/mol. The van der Waals surface area contributed by atoms with Crippen molar-refractivity contribution in [2.45, 2.75) is 65.2 Å². The summed E-state index contributed by atoms with van der Waals surface area (Å²) in [7, 11) is 0. The Morgan fingerprint density at radius 3 is 2.62 bits per heavy atom. The number of hydrogen-bond donors (Lipinski definition) is 1. The molecule has 3 atom stereocenters. The van der Waals surface area contributed by atoms with E-state index in [4.69, 9.17) is 0 Å². The molecule has 0 saturated heterocycles. The fourth-order valence-electron chi connectivity index (χ4n) is 3.12. The lowest BCUT2D eigenvalue weighted by molar-refractivity contribution is -0.144. The molecule has 16 heavy (non-hydrogen) atoms. The Morgan fingerprint density at radius 1 is 1.31 bits per heavy atom. The standard InChI is InChI=1S/C14H26O2/c1-3-7-11(2)10-12-8-5-4-6-9-13(12)14(15)16/h11-13H,3-10H2,1-2H3,(H,15,16). The smallest absolute Gasteiger partial charge is 0.306 e. The van der Waals surface area contributed by atoms with Crippen LogP contribution < -0.4 is 0 Å². The lowest BCUT2D eigenvalue weighted by Crippen LogP contribution is -2.24. The molecule has 2 heteroatoms. The van der Waals surface area contributed by atoms with Gasteiger partial charge in [-0.05, 0) is 31.1 Å². The van der Waals surface area contributed by atoms with E-state index in [2.05, 4.69) is 13.8 Å². The van der Waals surface area contributed by atoms with Gasteiger partial charge in [0.2, 0.25) is 0 Å². The van der Waals surface area contributed by atoms with Crippen molar-refractivity contribution < 1.29 is 9.90 Å². The molecule has 0 heterocycles. The molecule has 2 nitrogen and oxygen atoms in total. The van der Waals surface area contributed by atoms with Crippen LogP contribution in [-0.2, 0) is 4.79 Å². The van der Waals surface area contributed by atoms with Gasteiger partial charge in [0.1, 0.15) is 0 Å². The minimum atomic E-state index is -0.560. The molecule has 1 N–H and O–H groups in total. The maximum atomic E-state index is 11.3. The summed E-state index contributed by atoms with van der Waals surface area (Å²) < 4.78 is 0. The number of carboxylic acid groups (broad SMARTS) is 1. The van der Waals surface area contributed by atoms with Gasteiger partial charge in [-0.1, -0.05) is 46.0 Å². The van der Waals surface area contributed by atoms with Crippen molar-refractivity contribution in [3.05, 3.63) is 0 Å². The molecule has 0 spiro atoms. The molecule has 0 bridgehead atoms. The zero-order chi connectivity index (χ0) is 12.0. The fraction of sp³-hybridized carbons (Fsp3) is 0.929. The highest BCUT2D eigenvalue weighted by Gasteiger charge is 2.30. The first kappa shape index (κ1) is 13.5. The van der Waals surface area contributed by atoms with Crippen LogP contribution in [-0.4, -0.2) is 11.1 Å². The molecule has 0 aromatic carbocycles. The van der Waals surface area contributed by atoms with Gasteiger partial charge in [0.05, 0.1) is 5.92 Å². The summed E-state index contributed by atoms with van der Waals surface area (Å²) in [6, 6.07) is 0. The van der Waals surface area contributed by atoms with Crippen molar-refractivity contribution >= 4 is 5.97 Å². The minimum Gasteiger partial charge on any atom is -0.481 e. The second-order valence-electron chi connectivity index (χ2n) is 5.47. The molecule has 1 aliphatic carbocycles. The van der Waals surface area contributed by atoms with Gasteiger partial charge in [0.25, 0.3) is 0 Å². The Hall–Kier alpha value is -0.530. The Kier molecular flexibility index (Phi) is 5.86. The van der Waals surface area contributed by atoms with E-state index in [1.54, 1.807) is 0 Å². The summed E-state index contributed by atoms with van der Waals surface area (Å²) in [5.74, 6) is 0.494. The SMILES string of the molecule is CCCC(C)CC1CCCCCC1C(=O)O. The first-order chi connectivity index (χ1) is 7.65. The molecule has 0 radical (unpaired) electrons. The molecule has 94 valence electrons. The average Bonchev–Trinajstić information content (AvgIpc) is 2.43. The van der Waals surface area contributed by atoms with Gasteiger partial charge < -0.3 is 5.11 Å². The lowest BCUT2D eigenvalue weighted by atomic mass is 9.80. The highest BCUT2D eigenvalue weighted by atomic mass is 16.4. The van der Waals surface area contributed by atoms with Gasteiger partial charge in [-0.15, -0.1) is 0 Å². The Labute approximate surface area is 99.4 Å². The number of aliphatic carboxylic acids is 1. The van der Waals surface area contributed by atoms with Crippen LogP contribution in [0.25, 0.3) is 0 Å². The van der Waals surface area contributed by atoms with Crippen LogP contribution in [0.5, 0.6) is 0 Å². The van der Waals surface area contributed by atoms with E-state index in [0.29, 0.717) is 11.8 Å². The van der Waals surface area contributed by atoms with E-state index in [-0.39, 0.29) is 5.92 Å². The molecule has 0 aliphatic heterocycles. The van der Waals surface area contributed by atoms with Gasteiger partial charge in [-0.2, -0.15) is 0 Å². The molecule has 1 saturated carbocycles. The molecular formula is C14H26O2. The molecule has 0 aromatic rings. The van der Waals surface area contributed by atoms with Crippen molar-refractivity contribution in [2.75, 3.05) is 0 Å². The van der Waals surface area contributed by atoms with Crippen LogP contribution in [0.2, 0.25) is 0 Å². The van der Waals surface area contributed by atoms with Gasteiger partial charge in [-0.25, -0.2) is 0 Å². The van der Waals surface area contributed by atoms with Gasteiger partial charge in [0, 0.05) is 0 Å². The summed E-state index contributed by atoms with van der Waals surface area (Å²) in [6.07, 6.45) is 9.16. The monoisotopic (exact) mass is 226 g/mol. The van der Waals surface area contributed by atoms with Gasteiger partial charge >= 0.3 is 5.97 Å². The first-order valence-corrected chi connectivity index (χ1v) is 6.88. The number of rotatable bonds is 5. The molecule has 0 amide bonds. The number of carbonyl (C=O) groups is 1. The second-order valence-corrected chi connectivity index (χ2v) is 5.47. The predicted molar refractivity (Wildman–Crippen MR) is 66.4 cm³/mol. The summed E-state index contributed by atoms with van der Waals surface area (Å²) in [5.41, 5.74) is 0. The highest BCUT2D eigenvalue weighted by Crippen LogP contribution is 2.34. The molecule has 1 aliphatic rings. The van der Waals surface area contributed by atoms with Crippen LogP contribution >= 0.6 is 0 Å². The predicted octanol–water partition coefficient (Wildman–Crippen LogP) is 4.09. The van der Waals surface area contributed by atoms with Gasteiger partial charge in [-0.3, -0.25) is 4.79 Å². The van der Waals surface area contributed by atoms with Crippen molar-refractivity contribution in [3.8, 4) is 0 Å². The third-order valence-electron chi connectivity index (χ3n) is 3.96. The van der Waals surface area contributed by atoms with E-state index < -0.39 is 5.97 Å². The first-order valence-electron chi connectivity index (χ1n) is 6.88. The molecule has 0 aromatic heterocycles. The second kappa shape index (κ2) is 6.93. The highest BCUT2D eigenvalue weighted by molar-refractivity contribution is 5.70. The fourth-order valence-corrected chi connectivity index (χ4v) is 3.12. The van der Waals surface area contributed by atoms with E-state index in [1.807, 2.05) is 0 Å². The largest absolute Gasteiger partial charge is 0.481 e. The summed E-state index contributed by atoms with van der Waals surface area (Å²) in [6.45, 7) is 4.48. The van der Waals surface area contributed by atoms with E-state index >= 15 is 0 Å². The van der Waals surface area contributed by atoms with Crippen LogP contribution in [0, 0.1) is 17.8 Å². The summed E-state index contributed by atoms with van der Waals surface area (Å²) in [4.78, 5) is 11.3. The number of carboxylic acids is 1. The summed E-state index contributed by atoms with van der Waals surface area (Å²) >= 11 is 0. The average molecular weight is 226 g/mol. The normalized spacial score (nSPS) is 28.4. The van der Waals surface area contributed by atoms with Crippen molar-refractivity contribution in [1.29, 1.82) is 0 Å². The number of hydrogen-bond acceptors (Lipinski definition) is 1. The topological polar surface area (TPSA) is 37.3 Å². The van der Waals surface area contributed by atoms with Crippen LogP contribution in [0.3, 0.4) is 0 Å². The van der Waals surface area contributed by atoms with E-state index in [9.17, 15) is 9.90 Å². The van der Waals surface area contributed by atoms with Crippen LogP contribution in [0.1, 0.15) is 65.2 Å². The maximum Gasteiger partial charge on any atom is 0.306 e. The van der Waals surface area contributed by atoms with Crippen molar-refractivity contribution in [3.63, 3.8) is 0 Å². The third-order valence-corrected chi connectivity index (χ3v) is 3.96. The maximum absolute atomic E-state index is 11.3. The van der Waals surface area contributed by atoms with Crippen LogP contribution in [0.4, 0.5) is 0 Å². The van der Waals surface area contributed by atoms with E-state index in [0.717, 1.165) is 25.7 Å². The van der Waals surface area contributed by atoms with Crippen molar-refractivity contribution in [2.24, 2.45) is 17.8 Å². The quantitative estimate of drug-likeness (QED) is 0.717. The Morgan fingerprint density at radius 2 is 2.00 bits per heavy atom. The van der Waals surface area contributed by atoms with E-state index in [1.165, 1.54) is 25.7 Å². The minimum absolute atomic E-state index is 0.0678. The lowest BCUT2D eigenvalue weighted by Gasteiger charge is -2.24. The summed E-state index contributed by atoms with van der Waals surface area (Å²) in [5, 5.41) is 9.28. The molecule has 1 rings (SSSR count).